The zero-order valence-corrected chi connectivity index (χ0v) is 7.49. The molecule has 3 heteroatoms. The first kappa shape index (κ1) is 9.30. The summed E-state index contributed by atoms with van der Waals surface area (Å²) >= 11 is 0. The summed E-state index contributed by atoms with van der Waals surface area (Å²) in [5, 5.41) is 9.02. The number of aliphatic hydroxyl groups is 1. The van der Waals surface area contributed by atoms with Gasteiger partial charge in [-0.25, -0.2) is 0 Å². The van der Waals surface area contributed by atoms with E-state index in [4.69, 9.17) is 10.8 Å². The van der Waals surface area contributed by atoms with Crippen molar-refractivity contribution in [3.8, 4) is 0 Å². The van der Waals surface area contributed by atoms with E-state index in [-0.39, 0.29) is 17.8 Å². The number of nitrogens with two attached hydrogens (primary N) is 1. The van der Waals surface area contributed by atoms with Crippen LogP contribution in [0.15, 0.2) is 0 Å². The van der Waals surface area contributed by atoms with Crippen LogP contribution in [0, 0.1) is 10.8 Å². The highest BCUT2D eigenvalue weighted by atomic mass is 35.5. The molecule has 2 aliphatic carbocycles. The van der Waals surface area contributed by atoms with E-state index in [1.807, 2.05) is 0 Å². The van der Waals surface area contributed by atoms with E-state index in [9.17, 15) is 0 Å². The van der Waals surface area contributed by atoms with Gasteiger partial charge in [0, 0.05) is 18.6 Å². The molecule has 2 saturated carbocycles. The van der Waals surface area contributed by atoms with Gasteiger partial charge >= 0.3 is 0 Å². The summed E-state index contributed by atoms with van der Waals surface area (Å²) in [6.45, 7) is 0.969. The second kappa shape index (κ2) is 2.61. The third kappa shape index (κ3) is 1.28. The minimum atomic E-state index is 0. The molecule has 0 bridgehead atoms. The van der Waals surface area contributed by atoms with E-state index in [2.05, 4.69) is 0 Å². The highest BCUT2D eigenvalue weighted by Crippen LogP contribution is 2.67. The molecule has 0 aliphatic heterocycles. The SMILES string of the molecule is Cl.NCC1(CO)CC2(CC2)C1. The summed E-state index contributed by atoms with van der Waals surface area (Å²) in [5.74, 6) is 0. The third-order valence-electron chi connectivity index (χ3n) is 3.23. The molecule has 2 fully saturated rings. The third-order valence-corrected chi connectivity index (χ3v) is 3.23. The number of hydrogen-bond donors (Lipinski definition) is 2. The van der Waals surface area contributed by atoms with E-state index in [0.717, 1.165) is 0 Å². The lowest BCUT2D eigenvalue weighted by atomic mass is 9.60. The van der Waals surface area contributed by atoms with Crippen LogP contribution in [0.1, 0.15) is 25.7 Å². The molecule has 2 aliphatic rings. The molecule has 0 amide bonds. The van der Waals surface area contributed by atoms with Gasteiger partial charge in [-0.1, -0.05) is 0 Å². The lowest BCUT2D eigenvalue weighted by Gasteiger charge is -2.47. The fraction of sp³-hybridized carbons (Fsp3) is 1.00. The Morgan fingerprint density at radius 2 is 1.82 bits per heavy atom. The summed E-state index contributed by atoms with van der Waals surface area (Å²) in [7, 11) is 0. The molecule has 0 aromatic rings. The molecule has 66 valence electrons. The molecule has 0 aromatic carbocycles. The molecule has 2 nitrogen and oxygen atoms in total. The van der Waals surface area contributed by atoms with Crippen LogP contribution in [-0.4, -0.2) is 18.3 Å². The summed E-state index contributed by atoms with van der Waals surface area (Å²) in [6, 6.07) is 0. The summed E-state index contributed by atoms with van der Waals surface area (Å²) < 4.78 is 0. The Balaban J connectivity index is 0.000000605. The standard InChI is InChI=1S/C8H15NO.ClH/c9-5-8(6-10)3-7(4-8)1-2-7;/h10H,1-6,9H2;1H. The highest BCUT2D eigenvalue weighted by Gasteiger charge is 2.59. The fourth-order valence-corrected chi connectivity index (χ4v) is 2.39. The van der Waals surface area contributed by atoms with Gasteiger partial charge < -0.3 is 10.8 Å². The van der Waals surface area contributed by atoms with Crippen molar-refractivity contribution in [1.29, 1.82) is 0 Å². The minimum Gasteiger partial charge on any atom is -0.396 e. The first-order chi connectivity index (χ1) is 4.74. The number of rotatable bonds is 2. The average Bonchev–Trinajstić information content (AvgIpc) is 2.63. The van der Waals surface area contributed by atoms with Gasteiger partial charge in [0.1, 0.15) is 0 Å². The quantitative estimate of drug-likeness (QED) is 0.659. The molecule has 0 saturated heterocycles. The first-order valence-corrected chi connectivity index (χ1v) is 4.05. The van der Waals surface area contributed by atoms with Crippen molar-refractivity contribution >= 4 is 12.4 Å². The van der Waals surface area contributed by atoms with Crippen LogP contribution in [0.3, 0.4) is 0 Å². The van der Waals surface area contributed by atoms with Crippen LogP contribution in [0.2, 0.25) is 0 Å². The Labute approximate surface area is 73.6 Å². The van der Waals surface area contributed by atoms with Crippen molar-refractivity contribution in [2.75, 3.05) is 13.2 Å². The molecule has 0 unspecified atom stereocenters. The molecule has 2 rings (SSSR count). The Kier molecular flexibility index (Phi) is 2.21. The summed E-state index contributed by atoms with van der Waals surface area (Å²) in [5.41, 5.74) is 6.37. The Bertz CT molecular complexity index is 142. The molecule has 0 atom stereocenters. The van der Waals surface area contributed by atoms with Gasteiger partial charge in [-0.3, -0.25) is 0 Å². The van der Waals surface area contributed by atoms with Crippen molar-refractivity contribution in [1.82, 2.24) is 0 Å². The van der Waals surface area contributed by atoms with Crippen LogP contribution in [0.5, 0.6) is 0 Å². The molecule has 3 N–H and O–H groups in total. The lowest BCUT2D eigenvalue weighted by molar-refractivity contribution is -0.0115. The van der Waals surface area contributed by atoms with Gasteiger partial charge in [-0.2, -0.15) is 0 Å². The maximum Gasteiger partial charge on any atom is 0.0499 e. The zero-order valence-electron chi connectivity index (χ0n) is 6.68. The monoisotopic (exact) mass is 177 g/mol. The minimum absolute atomic E-state index is 0. The van der Waals surface area contributed by atoms with Crippen molar-refractivity contribution in [2.24, 2.45) is 16.6 Å². The topological polar surface area (TPSA) is 46.2 Å². The smallest absolute Gasteiger partial charge is 0.0499 e. The van der Waals surface area contributed by atoms with Gasteiger partial charge in [0.15, 0.2) is 0 Å². The second-order valence-corrected chi connectivity index (χ2v) is 4.22. The second-order valence-electron chi connectivity index (χ2n) is 4.22. The van der Waals surface area contributed by atoms with Gasteiger partial charge in [-0.15, -0.1) is 12.4 Å². The Morgan fingerprint density at radius 3 is 2.09 bits per heavy atom. The van der Waals surface area contributed by atoms with E-state index < -0.39 is 0 Å². The van der Waals surface area contributed by atoms with E-state index in [1.165, 1.54) is 25.7 Å². The van der Waals surface area contributed by atoms with Crippen LogP contribution in [0.4, 0.5) is 0 Å². The molecular formula is C8H16ClNO. The van der Waals surface area contributed by atoms with Crippen molar-refractivity contribution < 1.29 is 5.11 Å². The van der Waals surface area contributed by atoms with Crippen LogP contribution >= 0.6 is 12.4 Å². The van der Waals surface area contributed by atoms with Gasteiger partial charge in [0.25, 0.3) is 0 Å². The van der Waals surface area contributed by atoms with Crippen molar-refractivity contribution in [3.63, 3.8) is 0 Å². The molecule has 0 aromatic heterocycles. The number of hydrogen-bond acceptors (Lipinski definition) is 2. The fourth-order valence-electron chi connectivity index (χ4n) is 2.39. The number of aliphatic hydroxyl groups excluding tert-OH is 1. The maximum absolute atomic E-state index is 9.02. The van der Waals surface area contributed by atoms with Crippen LogP contribution in [-0.2, 0) is 0 Å². The average molecular weight is 178 g/mol. The predicted molar refractivity (Wildman–Crippen MR) is 46.7 cm³/mol. The molecular weight excluding hydrogens is 162 g/mol. The highest BCUT2D eigenvalue weighted by molar-refractivity contribution is 5.85. The van der Waals surface area contributed by atoms with Crippen molar-refractivity contribution in [2.45, 2.75) is 25.7 Å². The zero-order chi connectivity index (χ0) is 7.24. The Hall–Kier alpha value is 0.210. The van der Waals surface area contributed by atoms with Crippen LogP contribution in [0.25, 0.3) is 0 Å². The lowest BCUT2D eigenvalue weighted by Crippen LogP contribution is -2.47. The molecule has 1 spiro atoms. The van der Waals surface area contributed by atoms with Gasteiger partial charge in [-0.05, 0) is 31.1 Å². The van der Waals surface area contributed by atoms with Crippen molar-refractivity contribution in [3.05, 3.63) is 0 Å². The first-order valence-electron chi connectivity index (χ1n) is 4.05. The Morgan fingerprint density at radius 1 is 1.27 bits per heavy atom. The van der Waals surface area contributed by atoms with E-state index in [0.29, 0.717) is 18.6 Å². The summed E-state index contributed by atoms with van der Waals surface area (Å²) in [4.78, 5) is 0. The predicted octanol–water partition coefficient (Wildman–Crippen LogP) is 0.920. The normalized spacial score (nSPS) is 28.9. The van der Waals surface area contributed by atoms with Gasteiger partial charge in [0.2, 0.25) is 0 Å². The maximum atomic E-state index is 9.02. The van der Waals surface area contributed by atoms with E-state index >= 15 is 0 Å². The van der Waals surface area contributed by atoms with Crippen LogP contribution < -0.4 is 5.73 Å². The number of halogens is 1. The van der Waals surface area contributed by atoms with E-state index in [1.54, 1.807) is 0 Å². The largest absolute Gasteiger partial charge is 0.396 e. The summed E-state index contributed by atoms with van der Waals surface area (Å²) in [6.07, 6.45) is 5.14. The van der Waals surface area contributed by atoms with Gasteiger partial charge in [0.05, 0.1) is 0 Å². The molecule has 0 radical (unpaired) electrons. The molecule has 0 heterocycles. The molecule has 11 heavy (non-hydrogen) atoms.